The minimum atomic E-state index is -0.917. The summed E-state index contributed by atoms with van der Waals surface area (Å²) in [5.74, 6) is -0.0729. The van der Waals surface area contributed by atoms with Crippen molar-refractivity contribution in [2.75, 3.05) is 0 Å². The fourth-order valence-corrected chi connectivity index (χ4v) is 3.10. The first kappa shape index (κ1) is 11.3. The average molecular weight is 238 g/mol. The molecule has 0 bridgehead atoms. The first-order chi connectivity index (χ1) is 7.63. The van der Waals surface area contributed by atoms with Crippen LogP contribution in [0.5, 0.6) is 0 Å². The van der Waals surface area contributed by atoms with Crippen LogP contribution in [0.4, 0.5) is 0 Å². The van der Waals surface area contributed by atoms with E-state index in [1.165, 1.54) is 19.3 Å². The van der Waals surface area contributed by atoms with Gasteiger partial charge in [0, 0.05) is 0 Å². The van der Waals surface area contributed by atoms with Crippen molar-refractivity contribution in [2.24, 2.45) is 5.92 Å². The summed E-state index contributed by atoms with van der Waals surface area (Å²) in [6.07, 6.45) is 4.31. The van der Waals surface area contributed by atoms with Gasteiger partial charge in [-0.1, -0.05) is 13.3 Å². The van der Waals surface area contributed by atoms with Crippen LogP contribution in [0.15, 0.2) is 6.07 Å². The van der Waals surface area contributed by atoms with Gasteiger partial charge in [-0.15, -0.1) is 11.3 Å². The van der Waals surface area contributed by atoms with Gasteiger partial charge >= 0.3 is 5.97 Å². The molecule has 4 heteroatoms. The Kier molecular flexibility index (Phi) is 3.10. The number of aldehydes is 1. The van der Waals surface area contributed by atoms with E-state index in [1.807, 2.05) is 0 Å². The van der Waals surface area contributed by atoms with Gasteiger partial charge in [0.05, 0.1) is 4.88 Å². The summed E-state index contributed by atoms with van der Waals surface area (Å²) in [5, 5.41) is 9.09. The van der Waals surface area contributed by atoms with E-state index in [4.69, 9.17) is 5.11 Å². The molecule has 16 heavy (non-hydrogen) atoms. The van der Waals surface area contributed by atoms with Crippen LogP contribution < -0.4 is 0 Å². The van der Waals surface area contributed by atoms with Crippen LogP contribution in [0.2, 0.25) is 0 Å². The van der Waals surface area contributed by atoms with E-state index in [0.29, 0.717) is 15.7 Å². The molecule has 3 nitrogen and oxygen atoms in total. The zero-order chi connectivity index (χ0) is 11.7. The van der Waals surface area contributed by atoms with E-state index in [2.05, 4.69) is 6.92 Å². The second kappa shape index (κ2) is 4.37. The Morgan fingerprint density at radius 2 is 2.31 bits per heavy atom. The Bertz CT molecular complexity index is 418. The minimum absolute atomic E-state index is 0.254. The molecule has 1 atom stereocenters. The highest BCUT2D eigenvalue weighted by Crippen LogP contribution is 2.41. The monoisotopic (exact) mass is 238 g/mol. The van der Waals surface area contributed by atoms with Crippen LogP contribution in [0.1, 0.15) is 57.0 Å². The van der Waals surface area contributed by atoms with E-state index < -0.39 is 5.97 Å². The molecule has 0 aromatic carbocycles. The first-order valence-electron chi connectivity index (χ1n) is 5.45. The molecular formula is C12H14O3S. The van der Waals surface area contributed by atoms with Crippen LogP contribution in [-0.4, -0.2) is 17.4 Å². The molecular weight excluding hydrogens is 224 g/mol. The molecule has 1 aliphatic rings. The minimum Gasteiger partial charge on any atom is -0.477 e. The Morgan fingerprint density at radius 3 is 2.75 bits per heavy atom. The molecule has 86 valence electrons. The van der Waals surface area contributed by atoms with Crippen LogP contribution >= 0.6 is 11.3 Å². The van der Waals surface area contributed by atoms with E-state index in [0.717, 1.165) is 23.2 Å². The van der Waals surface area contributed by atoms with Gasteiger partial charge in [0.25, 0.3) is 0 Å². The lowest BCUT2D eigenvalue weighted by Gasteiger charge is -2.31. The summed E-state index contributed by atoms with van der Waals surface area (Å²) in [7, 11) is 0. The Balaban J connectivity index is 2.33. The number of carboxylic acids is 1. The van der Waals surface area contributed by atoms with Crippen molar-refractivity contribution in [2.45, 2.75) is 32.1 Å². The van der Waals surface area contributed by atoms with Gasteiger partial charge in [-0.2, -0.15) is 0 Å². The van der Waals surface area contributed by atoms with Gasteiger partial charge in [0.2, 0.25) is 0 Å². The molecule has 0 saturated heterocycles. The number of hydrogen-bond acceptors (Lipinski definition) is 3. The highest BCUT2D eigenvalue weighted by Gasteiger charge is 2.29. The molecule has 2 rings (SSSR count). The number of aromatic carboxylic acids is 1. The lowest BCUT2D eigenvalue weighted by Crippen LogP contribution is -2.19. The SMILES string of the molecule is CC(c1cc(C=O)sc1C(=O)O)C1CCC1. The fraction of sp³-hybridized carbons (Fsp3) is 0.500. The zero-order valence-corrected chi connectivity index (χ0v) is 9.92. The molecule has 1 N–H and O–H groups in total. The number of carboxylic acid groups (broad SMARTS) is 1. The van der Waals surface area contributed by atoms with Crippen molar-refractivity contribution in [3.8, 4) is 0 Å². The fourth-order valence-electron chi connectivity index (χ4n) is 2.18. The normalized spacial score (nSPS) is 17.8. The maximum Gasteiger partial charge on any atom is 0.346 e. The molecule has 1 aromatic heterocycles. The zero-order valence-electron chi connectivity index (χ0n) is 9.10. The molecule has 1 aliphatic carbocycles. The molecule has 1 aromatic rings. The second-order valence-corrected chi connectivity index (χ2v) is 5.42. The van der Waals surface area contributed by atoms with Crippen LogP contribution in [-0.2, 0) is 0 Å². The Morgan fingerprint density at radius 1 is 1.62 bits per heavy atom. The third-order valence-electron chi connectivity index (χ3n) is 3.44. The summed E-state index contributed by atoms with van der Waals surface area (Å²) in [6, 6.07) is 1.74. The van der Waals surface area contributed by atoms with Gasteiger partial charge in [-0.05, 0) is 36.3 Å². The maximum absolute atomic E-state index is 11.1. The predicted molar refractivity (Wildman–Crippen MR) is 62.4 cm³/mol. The topological polar surface area (TPSA) is 54.4 Å². The average Bonchev–Trinajstić information content (AvgIpc) is 2.58. The van der Waals surface area contributed by atoms with Crippen molar-refractivity contribution in [3.05, 3.63) is 21.4 Å². The molecule has 1 heterocycles. The molecule has 1 fully saturated rings. The number of hydrogen-bond donors (Lipinski definition) is 1. The van der Waals surface area contributed by atoms with Crippen molar-refractivity contribution in [1.82, 2.24) is 0 Å². The van der Waals surface area contributed by atoms with Gasteiger partial charge in [0.1, 0.15) is 4.88 Å². The molecule has 0 spiro atoms. The van der Waals surface area contributed by atoms with Crippen LogP contribution in [0.25, 0.3) is 0 Å². The highest BCUT2D eigenvalue weighted by molar-refractivity contribution is 7.15. The largest absolute Gasteiger partial charge is 0.477 e. The quantitative estimate of drug-likeness (QED) is 0.820. The van der Waals surface area contributed by atoms with Crippen molar-refractivity contribution >= 4 is 23.6 Å². The van der Waals surface area contributed by atoms with Crippen LogP contribution in [0.3, 0.4) is 0 Å². The molecule has 0 radical (unpaired) electrons. The molecule has 0 aliphatic heterocycles. The maximum atomic E-state index is 11.1. The van der Waals surface area contributed by atoms with Gasteiger partial charge in [-0.3, -0.25) is 4.79 Å². The lowest BCUT2D eigenvalue weighted by atomic mass is 9.74. The highest BCUT2D eigenvalue weighted by atomic mass is 32.1. The Labute approximate surface area is 98.1 Å². The standard InChI is InChI=1S/C12H14O3S/c1-7(8-3-2-4-8)10-5-9(6-13)16-11(10)12(14)15/h5-8H,2-4H2,1H3,(H,14,15). The van der Waals surface area contributed by atoms with Gasteiger partial charge in [0.15, 0.2) is 6.29 Å². The van der Waals surface area contributed by atoms with Gasteiger partial charge < -0.3 is 5.11 Å². The smallest absolute Gasteiger partial charge is 0.346 e. The molecule has 0 amide bonds. The van der Waals surface area contributed by atoms with E-state index in [1.54, 1.807) is 6.07 Å². The third-order valence-corrected chi connectivity index (χ3v) is 4.50. The van der Waals surface area contributed by atoms with E-state index in [-0.39, 0.29) is 5.92 Å². The van der Waals surface area contributed by atoms with Crippen molar-refractivity contribution in [3.63, 3.8) is 0 Å². The predicted octanol–water partition coefficient (Wildman–Crippen LogP) is 3.16. The number of thiophene rings is 1. The van der Waals surface area contributed by atoms with Crippen molar-refractivity contribution < 1.29 is 14.7 Å². The molecule has 1 unspecified atom stereocenters. The summed E-state index contributed by atoms with van der Waals surface area (Å²) in [6.45, 7) is 2.06. The summed E-state index contributed by atoms with van der Waals surface area (Å²) < 4.78 is 0. The van der Waals surface area contributed by atoms with E-state index in [9.17, 15) is 9.59 Å². The van der Waals surface area contributed by atoms with E-state index >= 15 is 0 Å². The Hall–Kier alpha value is -1.16. The van der Waals surface area contributed by atoms with Crippen LogP contribution in [0, 0.1) is 5.92 Å². The summed E-state index contributed by atoms with van der Waals surface area (Å²) >= 11 is 1.08. The number of rotatable bonds is 4. The third kappa shape index (κ3) is 1.89. The van der Waals surface area contributed by atoms with Gasteiger partial charge in [-0.25, -0.2) is 4.79 Å². The first-order valence-corrected chi connectivity index (χ1v) is 6.27. The lowest BCUT2D eigenvalue weighted by molar-refractivity contribution is 0.0699. The van der Waals surface area contributed by atoms with Crippen molar-refractivity contribution in [1.29, 1.82) is 0 Å². The molecule has 1 saturated carbocycles. The summed E-state index contributed by atoms with van der Waals surface area (Å²) in [4.78, 5) is 22.6. The second-order valence-electron chi connectivity index (χ2n) is 4.34. The number of carbonyl (C=O) groups is 2. The number of carbonyl (C=O) groups excluding carboxylic acids is 1. The summed E-state index contributed by atoms with van der Waals surface area (Å²) in [5.41, 5.74) is 0.837.